The summed E-state index contributed by atoms with van der Waals surface area (Å²) >= 11 is 5.55. The van der Waals surface area contributed by atoms with E-state index in [9.17, 15) is 4.79 Å². The highest BCUT2D eigenvalue weighted by atomic mass is 127. The Balaban J connectivity index is 1.71. The van der Waals surface area contributed by atoms with Crippen molar-refractivity contribution in [2.75, 3.05) is 25.5 Å². The first kappa shape index (κ1) is 15.9. The first-order valence-electron chi connectivity index (χ1n) is 7.24. The highest BCUT2D eigenvalue weighted by Gasteiger charge is 2.20. The third-order valence-corrected chi connectivity index (χ3v) is 6.30. The molecule has 0 atom stereocenters. The van der Waals surface area contributed by atoms with Crippen LogP contribution in [0.15, 0.2) is 30.1 Å². The summed E-state index contributed by atoms with van der Waals surface area (Å²) in [6, 6.07) is 4.03. The molecule has 22 heavy (non-hydrogen) atoms. The van der Waals surface area contributed by atoms with Gasteiger partial charge in [-0.15, -0.1) is 0 Å². The van der Waals surface area contributed by atoms with Crippen molar-refractivity contribution in [2.24, 2.45) is 0 Å². The van der Waals surface area contributed by atoms with E-state index in [4.69, 9.17) is 11.6 Å². The zero-order valence-electron chi connectivity index (χ0n) is 12.3. The number of halogens is 2. The van der Waals surface area contributed by atoms with Crippen LogP contribution in [-0.4, -0.2) is 37.1 Å². The maximum atomic E-state index is 12.1. The minimum absolute atomic E-state index is 0.0265. The Hall–Kier alpha value is -0.990. The molecule has 0 aromatic carbocycles. The number of rotatable bonds is 3. The first-order valence-corrected chi connectivity index (χ1v) is 9.66. The molecule has 1 saturated heterocycles. The number of amides is 1. The van der Waals surface area contributed by atoms with Crippen LogP contribution in [0.25, 0.3) is 0 Å². The lowest BCUT2D eigenvalue weighted by atomic mass is 9.91. The molecule has 2 N–H and O–H groups in total. The summed E-state index contributed by atoms with van der Waals surface area (Å²) in [6.07, 6.45) is 5.93. The summed E-state index contributed by atoms with van der Waals surface area (Å²) in [5.41, 5.74) is 1.75. The van der Waals surface area contributed by atoms with Crippen LogP contribution in [0.3, 0.4) is 0 Å². The van der Waals surface area contributed by atoms with E-state index in [-0.39, 0.29) is 5.91 Å². The van der Waals surface area contributed by atoms with Crippen LogP contribution in [-0.2, 0) is 4.79 Å². The molecule has 1 fully saturated rings. The number of carbonyl (C=O) groups is 1. The van der Waals surface area contributed by atoms with Gasteiger partial charge in [-0.05, 0) is 49.6 Å². The van der Waals surface area contributed by atoms with E-state index in [1.165, 1.54) is 5.56 Å². The predicted octanol–water partition coefficient (Wildman–Crippen LogP) is 2.57. The molecular formula is C15H18ClIN4O. The van der Waals surface area contributed by atoms with Crippen molar-refractivity contribution in [1.82, 2.24) is 13.4 Å². The van der Waals surface area contributed by atoms with E-state index in [0.29, 0.717) is 17.4 Å². The van der Waals surface area contributed by atoms with Gasteiger partial charge in [0.25, 0.3) is 5.91 Å². The van der Waals surface area contributed by atoms with E-state index in [0.717, 1.165) is 28.9 Å². The monoisotopic (exact) mass is 432 g/mol. The van der Waals surface area contributed by atoms with Crippen LogP contribution in [0.5, 0.6) is 0 Å². The summed E-state index contributed by atoms with van der Waals surface area (Å²) in [5.74, 6) is 1.23. The molecular weight excluding hydrogens is 415 g/mol. The number of pyridine rings is 1. The van der Waals surface area contributed by atoms with Gasteiger partial charge in [-0.25, -0.2) is 4.98 Å². The number of anilines is 1. The number of nitrogens with one attached hydrogen (secondary N) is 2. The fraction of sp³-hybridized carbons (Fsp3) is 0.400. The topological polar surface area (TPSA) is 57.3 Å². The third-order valence-electron chi connectivity index (χ3n) is 3.83. The molecule has 5 nitrogen and oxygen atoms in total. The number of nitrogens with zero attached hydrogens (tertiary/aromatic N) is 2. The summed E-state index contributed by atoms with van der Waals surface area (Å²) in [4.78, 5) is 16.6. The number of aromatic nitrogens is 1. The van der Waals surface area contributed by atoms with Gasteiger partial charge in [0.1, 0.15) is 11.5 Å². The number of likely N-dealkylation sites (N-methyl/N-ethyl adjacent to an activating group) is 1. The number of hydrogen-bond donors (Lipinski definition) is 2. The second-order valence-electron chi connectivity index (χ2n) is 5.34. The molecule has 2 aliphatic heterocycles. The Morgan fingerprint density at radius 1 is 1.41 bits per heavy atom. The van der Waals surface area contributed by atoms with Gasteiger partial charge >= 0.3 is 0 Å². The molecule has 0 bridgehead atoms. The van der Waals surface area contributed by atoms with Gasteiger partial charge in [0.05, 0.1) is 2.97 Å². The smallest absolute Gasteiger partial charge is 0.278 e. The van der Waals surface area contributed by atoms with E-state index >= 15 is 0 Å². The minimum Gasteiger partial charge on any atom is -0.336 e. The quantitative estimate of drug-likeness (QED) is 0.569. The van der Waals surface area contributed by atoms with Gasteiger partial charge in [0.2, 0.25) is 0 Å². The molecule has 118 valence electrons. The van der Waals surface area contributed by atoms with Gasteiger partial charge in [0, 0.05) is 34.2 Å². The second kappa shape index (κ2) is 7.06. The molecule has 0 radical (unpaired) electrons. The van der Waals surface area contributed by atoms with Crippen LogP contribution in [0.2, 0.25) is 0 Å². The fourth-order valence-electron chi connectivity index (χ4n) is 2.62. The SMILES string of the molecule is CN1I=C(Cl)C=C(Nc2ccc(C3CCNCC3)cn2)C1=O. The van der Waals surface area contributed by atoms with Crippen LogP contribution >= 0.6 is 32.6 Å². The Bertz CT molecular complexity index is 623. The Kier molecular flexibility index (Phi) is 5.10. The Morgan fingerprint density at radius 2 is 2.18 bits per heavy atom. The lowest BCUT2D eigenvalue weighted by molar-refractivity contribution is -0.120. The number of carbonyl (C=O) groups excluding carboxylic acids is 1. The molecule has 0 aliphatic carbocycles. The van der Waals surface area contributed by atoms with Crippen molar-refractivity contribution in [3.63, 3.8) is 0 Å². The van der Waals surface area contributed by atoms with Crippen LogP contribution in [0.4, 0.5) is 5.82 Å². The van der Waals surface area contributed by atoms with Crippen molar-refractivity contribution >= 4 is 47.3 Å². The van der Waals surface area contributed by atoms with Gasteiger partial charge in [-0.1, -0.05) is 17.7 Å². The molecule has 0 spiro atoms. The predicted molar refractivity (Wildman–Crippen MR) is 98.4 cm³/mol. The van der Waals surface area contributed by atoms with Gasteiger partial charge in [0.15, 0.2) is 0 Å². The normalized spacial score (nSPS) is 20.1. The zero-order chi connectivity index (χ0) is 15.5. The van der Waals surface area contributed by atoms with Crippen molar-refractivity contribution < 1.29 is 4.79 Å². The van der Waals surface area contributed by atoms with Crippen LogP contribution < -0.4 is 10.6 Å². The first-order chi connectivity index (χ1) is 10.6. The number of hydrogen-bond acceptors (Lipinski definition) is 4. The highest BCUT2D eigenvalue weighted by Crippen LogP contribution is 2.26. The molecule has 1 aromatic rings. The van der Waals surface area contributed by atoms with E-state index < -0.39 is 21.0 Å². The fourth-order valence-corrected chi connectivity index (χ4v) is 5.00. The minimum atomic E-state index is -0.546. The van der Waals surface area contributed by atoms with Gasteiger partial charge < -0.3 is 10.6 Å². The molecule has 2 aliphatic rings. The summed E-state index contributed by atoms with van der Waals surface area (Å²) in [6.45, 7) is 2.13. The summed E-state index contributed by atoms with van der Waals surface area (Å²) in [7, 11) is 1.78. The van der Waals surface area contributed by atoms with E-state index in [1.54, 1.807) is 16.2 Å². The van der Waals surface area contributed by atoms with Crippen LogP contribution in [0.1, 0.15) is 24.3 Å². The van der Waals surface area contributed by atoms with Gasteiger partial charge in [-0.3, -0.25) is 7.91 Å². The molecule has 0 saturated carbocycles. The summed E-state index contributed by atoms with van der Waals surface area (Å²) in [5, 5.41) is 6.45. The van der Waals surface area contributed by atoms with Crippen molar-refractivity contribution in [2.45, 2.75) is 18.8 Å². The molecule has 3 heterocycles. The lowest BCUT2D eigenvalue weighted by Crippen LogP contribution is -2.27. The van der Waals surface area contributed by atoms with Crippen LogP contribution in [0, 0.1) is 0 Å². The Morgan fingerprint density at radius 3 is 2.86 bits per heavy atom. The highest BCUT2D eigenvalue weighted by molar-refractivity contribution is 14.2. The average molecular weight is 433 g/mol. The standard InChI is InChI=1S/C15H18ClIN4O/c1-21-15(22)12(8-13(16)17-21)20-14-3-2-11(9-19-14)10-4-6-18-7-5-10/h2-3,8-10,18H,4-7H2,1H3,(H,19,20). The van der Waals surface area contributed by atoms with Crippen molar-refractivity contribution in [3.05, 3.63) is 35.7 Å². The molecule has 3 rings (SSSR count). The van der Waals surface area contributed by atoms with Crippen molar-refractivity contribution in [1.29, 1.82) is 0 Å². The maximum absolute atomic E-state index is 12.1. The molecule has 0 unspecified atom stereocenters. The lowest BCUT2D eigenvalue weighted by Gasteiger charge is -2.23. The number of allylic oxidation sites excluding steroid dienone is 1. The molecule has 1 aromatic heterocycles. The third kappa shape index (κ3) is 3.67. The van der Waals surface area contributed by atoms with Crippen molar-refractivity contribution in [3.8, 4) is 0 Å². The van der Waals surface area contributed by atoms with E-state index in [1.807, 2.05) is 12.3 Å². The Labute approximate surface area is 145 Å². The van der Waals surface area contributed by atoms with Gasteiger partial charge in [-0.2, -0.15) is 0 Å². The zero-order valence-corrected chi connectivity index (χ0v) is 15.2. The average Bonchev–Trinajstić information content (AvgIpc) is 2.54. The molecule has 1 amide bonds. The van der Waals surface area contributed by atoms with E-state index in [2.05, 4.69) is 21.7 Å². The number of piperidine rings is 1. The second-order valence-corrected chi connectivity index (χ2v) is 9.48. The summed E-state index contributed by atoms with van der Waals surface area (Å²) < 4.78 is 2.43. The largest absolute Gasteiger partial charge is 0.336 e. The molecule has 7 heteroatoms. The maximum Gasteiger partial charge on any atom is 0.278 e.